The van der Waals surface area contributed by atoms with Gasteiger partial charge in [-0.1, -0.05) is 31.0 Å². The number of fused-ring (bicyclic) bond motifs is 1. The molecule has 2 aromatic rings. The summed E-state index contributed by atoms with van der Waals surface area (Å²) in [6.45, 7) is 7.01. The zero-order valence-corrected chi connectivity index (χ0v) is 21.1. The number of aromatic nitrogens is 2. The van der Waals surface area contributed by atoms with E-state index in [0.717, 1.165) is 37.6 Å². The van der Waals surface area contributed by atoms with Crippen molar-refractivity contribution in [2.75, 3.05) is 13.1 Å². The molecule has 2 N–H and O–H groups in total. The van der Waals surface area contributed by atoms with Gasteiger partial charge in [-0.15, -0.1) is 0 Å². The number of ether oxygens (including phenoxy) is 1. The van der Waals surface area contributed by atoms with Gasteiger partial charge in [0.15, 0.2) is 0 Å². The summed E-state index contributed by atoms with van der Waals surface area (Å²) in [5.41, 5.74) is -0.176. The number of hydrogen-bond acceptors (Lipinski definition) is 4. The summed E-state index contributed by atoms with van der Waals surface area (Å²) in [6, 6.07) is 5.47. The lowest BCUT2D eigenvalue weighted by atomic mass is 9.90. The van der Waals surface area contributed by atoms with E-state index in [0.29, 0.717) is 43.7 Å². The van der Waals surface area contributed by atoms with Crippen LogP contribution < -0.4 is 10.6 Å². The largest absolute Gasteiger partial charge is 0.444 e. The van der Waals surface area contributed by atoms with Crippen molar-refractivity contribution in [2.24, 2.45) is 0 Å². The number of nitrogens with zero attached hydrogens (tertiary/aromatic N) is 2. The van der Waals surface area contributed by atoms with Gasteiger partial charge in [-0.25, -0.2) is 9.78 Å². The molecule has 0 radical (unpaired) electrons. The van der Waals surface area contributed by atoms with Crippen molar-refractivity contribution in [1.82, 2.24) is 20.2 Å². The second kappa shape index (κ2) is 11.8. The van der Waals surface area contributed by atoms with Crippen molar-refractivity contribution in [3.05, 3.63) is 53.1 Å². The van der Waals surface area contributed by atoms with E-state index in [1.54, 1.807) is 12.3 Å². The lowest BCUT2D eigenvalue weighted by Gasteiger charge is -2.24. The minimum atomic E-state index is -4.37. The number of nitrogens with one attached hydrogen (secondary N) is 2. The maximum atomic E-state index is 13.1. The van der Waals surface area contributed by atoms with Gasteiger partial charge >= 0.3 is 12.3 Å². The van der Waals surface area contributed by atoms with Crippen LogP contribution in [0.3, 0.4) is 0 Å². The molecule has 1 aliphatic heterocycles. The SMILES string of the molecule is CC(C)(C)OC(=O)NCCCCCCNC(=O)c1cn2c(n1)CCC(c1cccc(C(F)(F)F)c1)C2. The van der Waals surface area contributed by atoms with Crippen molar-refractivity contribution in [2.45, 2.75) is 83.5 Å². The molecule has 0 aliphatic carbocycles. The molecule has 0 saturated heterocycles. The zero-order valence-electron chi connectivity index (χ0n) is 21.1. The Morgan fingerprint density at radius 2 is 1.78 bits per heavy atom. The van der Waals surface area contributed by atoms with Crippen LogP contribution in [0.25, 0.3) is 0 Å². The molecule has 7 nitrogen and oxygen atoms in total. The Kier molecular flexibility index (Phi) is 9.03. The molecule has 1 aromatic heterocycles. The summed E-state index contributed by atoms with van der Waals surface area (Å²) in [7, 11) is 0. The van der Waals surface area contributed by atoms with E-state index in [9.17, 15) is 22.8 Å². The maximum Gasteiger partial charge on any atom is 0.416 e. The van der Waals surface area contributed by atoms with Gasteiger partial charge in [-0.05, 0) is 51.7 Å². The molecular formula is C26H35F3N4O3. The Balaban J connectivity index is 1.38. The number of imidazole rings is 1. The number of alkyl carbamates (subject to hydrolysis) is 1. The van der Waals surface area contributed by atoms with E-state index in [1.165, 1.54) is 12.1 Å². The zero-order chi connectivity index (χ0) is 26.3. The number of unbranched alkanes of at least 4 members (excludes halogenated alkanes) is 3. The molecule has 2 heterocycles. The number of carbonyl (C=O) groups is 2. The van der Waals surface area contributed by atoms with E-state index in [1.807, 2.05) is 25.3 Å². The third kappa shape index (κ3) is 8.27. The van der Waals surface area contributed by atoms with Crippen molar-refractivity contribution in [3.63, 3.8) is 0 Å². The van der Waals surface area contributed by atoms with Crippen LogP contribution in [0.15, 0.2) is 30.5 Å². The molecule has 2 amide bonds. The number of carbonyl (C=O) groups excluding carboxylic acids is 2. The quantitative estimate of drug-likeness (QED) is 0.442. The molecule has 1 atom stereocenters. The Morgan fingerprint density at radius 3 is 2.44 bits per heavy atom. The summed E-state index contributed by atoms with van der Waals surface area (Å²) in [4.78, 5) is 28.5. The number of alkyl halides is 3. The fourth-order valence-electron chi connectivity index (χ4n) is 4.19. The Bertz CT molecular complexity index is 1040. The standard InChI is InChI=1S/C26H35F3N4O3/c1-25(2,3)36-24(35)31-14-7-5-4-6-13-30-23(34)21-17-33-16-19(11-12-22(33)32-21)18-9-8-10-20(15-18)26(27,28)29/h8-10,15,17,19H,4-7,11-14,16H2,1-3H3,(H,30,34)(H,31,35). The average molecular weight is 509 g/mol. The highest BCUT2D eigenvalue weighted by Gasteiger charge is 2.31. The summed E-state index contributed by atoms with van der Waals surface area (Å²) >= 11 is 0. The Labute approximate surface area is 209 Å². The minimum absolute atomic E-state index is 0.0604. The molecule has 1 unspecified atom stereocenters. The van der Waals surface area contributed by atoms with Gasteiger partial charge < -0.3 is 19.9 Å². The highest BCUT2D eigenvalue weighted by molar-refractivity contribution is 5.92. The maximum absolute atomic E-state index is 13.1. The van der Waals surface area contributed by atoms with E-state index in [2.05, 4.69) is 15.6 Å². The van der Waals surface area contributed by atoms with Crippen LogP contribution in [0.1, 0.15) is 86.2 Å². The number of benzene rings is 1. The Hall–Kier alpha value is -3.04. The molecular weight excluding hydrogens is 473 g/mol. The highest BCUT2D eigenvalue weighted by atomic mass is 19.4. The van der Waals surface area contributed by atoms with Gasteiger partial charge in [-0.2, -0.15) is 13.2 Å². The number of aryl methyl sites for hydroxylation is 1. The van der Waals surface area contributed by atoms with E-state index in [-0.39, 0.29) is 11.8 Å². The summed E-state index contributed by atoms with van der Waals surface area (Å²) in [5.74, 6) is 0.467. The monoisotopic (exact) mass is 508 g/mol. The van der Waals surface area contributed by atoms with Crippen LogP contribution in [0, 0.1) is 0 Å². The van der Waals surface area contributed by atoms with Gasteiger partial charge in [-0.3, -0.25) is 4.79 Å². The average Bonchev–Trinajstić information content (AvgIpc) is 3.22. The van der Waals surface area contributed by atoms with Gasteiger partial charge in [0.05, 0.1) is 5.56 Å². The van der Waals surface area contributed by atoms with E-state index in [4.69, 9.17) is 4.74 Å². The molecule has 198 valence electrons. The van der Waals surface area contributed by atoms with Crippen LogP contribution in [0.4, 0.5) is 18.0 Å². The van der Waals surface area contributed by atoms with Crippen LogP contribution in [-0.2, 0) is 23.9 Å². The van der Waals surface area contributed by atoms with Gasteiger partial charge in [0.1, 0.15) is 17.1 Å². The van der Waals surface area contributed by atoms with Crippen LogP contribution in [-0.4, -0.2) is 40.2 Å². The second-order valence-electron chi connectivity index (χ2n) is 10.2. The van der Waals surface area contributed by atoms with Crippen LogP contribution >= 0.6 is 0 Å². The fourth-order valence-corrected chi connectivity index (χ4v) is 4.19. The summed E-state index contributed by atoms with van der Waals surface area (Å²) in [5, 5.41) is 5.61. The predicted octanol–water partition coefficient (Wildman–Crippen LogP) is 5.45. The first-order chi connectivity index (χ1) is 16.9. The van der Waals surface area contributed by atoms with Crippen molar-refractivity contribution in [1.29, 1.82) is 0 Å². The molecule has 1 aliphatic rings. The number of rotatable bonds is 9. The van der Waals surface area contributed by atoms with E-state index >= 15 is 0 Å². The van der Waals surface area contributed by atoms with E-state index < -0.39 is 23.4 Å². The third-order valence-electron chi connectivity index (χ3n) is 5.97. The Morgan fingerprint density at radius 1 is 1.08 bits per heavy atom. The molecule has 0 bridgehead atoms. The topological polar surface area (TPSA) is 85.3 Å². The van der Waals surface area contributed by atoms with Crippen LogP contribution in [0.2, 0.25) is 0 Å². The van der Waals surface area contributed by atoms with Gasteiger partial charge in [0.25, 0.3) is 5.91 Å². The predicted molar refractivity (Wildman–Crippen MR) is 130 cm³/mol. The first kappa shape index (κ1) is 27.5. The van der Waals surface area contributed by atoms with Gasteiger partial charge in [0, 0.05) is 38.2 Å². The van der Waals surface area contributed by atoms with Crippen molar-refractivity contribution < 1.29 is 27.5 Å². The second-order valence-corrected chi connectivity index (χ2v) is 10.2. The molecule has 1 aromatic carbocycles. The smallest absolute Gasteiger partial charge is 0.416 e. The number of halogens is 3. The first-order valence-electron chi connectivity index (χ1n) is 12.4. The molecule has 10 heteroatoms. The van der Waals surface area contributed by atoms with Crippen molar-refractivity contribution in [3.8, 4) is 0 Å². The number of amides is 2. The van der Waals surface area contributed by atoms with Gasteiger partial charge in [0.2, 0.25) is 0 Å². The third-order valence-corrected chi connectivity index (χ3v) is 5.97. The van der Waals surface area contributed by atoms with Crippen molar-refractivity contribution >= 4 is 12.0 Å². The molecule has 0 saturated carbocycles. The highest BCUT2D eigenvalue weighted by Crippen LogP contribution is 2.34. The lowest BCUT2D eigenvalue weighted by Crippen LogP contribution is -2.33. The summed E-state index contributed by atoms with van der Waals surface area (Å²) < 4.78 is 46.3. The minimum Gasteiger partial charge on any atom is -0.444 e. The first-order valence-corrected chi connectivity index (χ1v) is 12.4. The molecule has 0 spiro atoms. The normalized spacial score (nSPS) is 15.8. The molecule has 36 heavy (non-hydrogen) atoms. The fraction of sp³-hybridized carbons (Fsp3) is 0.577. The molecule has 3 rings (SSSR count). The lowest BCUT2D eigenvalue weighted by molar-refractivity contribution is -0.137. The summed E-state index contributed by atoms with van der Waals surface area (Å²) in [6.07, 6.45) is 1.65. The number of hydrogen-bond donors (Lipinski definition) is 2. The molecule has 0 fully saturated rings. The van der Waals surface area contributed by atoms with Crippen LogP contribution in [0.5, 0.6) is 0 Å².